The zero-order chi connectivity index (χ0) is 16.0. The molecule has 5 heteroatoms. The highest BCUT2D eigenvalue weighted by molar-refractivity contribution is 5.81. The lowest BCUT2D eigenvalue weighted by atomic mass is 10.1. The Morgan fingerprint density at radius 2 is 1.73 bits per heavy atom. The molecule has 0 aliphatic heterocycles. The van der Waals surface area contributed by atoms with Crippen molar-refractivity contribution in [3.05, 3.63) is 55.3 Å². The lowest BCUT2D eigenvalue weighted by Gasteiger charge is -2.08. The third-order valence-electron chi connectivity index (χ3n) is 2.68. The monoisotopic (exact) mass is 306 g/mol. The third-order valence-corrected chi connectivity index (χ3v) is 2.68. The maximum absolute atomic E-state index is 10.9. The number of ether oxygens (including phenoxy) is 4. The Bertz CT molecular complexity index is 453. The number of hydrogen-bond acceptors (Lipinski definition) is 5. The lowest BCUT2D eigenvalue weighted by molar-refractivity contribution is -0.137. The van der Waals surface area contributed by atoms with Crippen molar-refractivity contribution in [2.75, 3.05) is 33.0 Å². The summed E-state index contributed by atoms with van der Waals surface area (Å²) < 4.78 is 20.7. The van der Waals surface area contributed by atoms with Crippen LogP contribution in [0.1, 0.15) is 5.56 Å². The van der Waals surface area contributed by atoms with E-state index >= 15 is 0 Å². The van der Waals surface area contributed by atoms with Crippen LogP contribution in [0.2, 0.25) is 0 Å². The summed E-state index contributed by atoms with van der Waals surface area (Å²) in [4.78, 5) is 10.9. The summed E-state index contributed by atoms with van der Waals surface area (Å²) in [6, 6.07) is 7.64. The van der Waals surface area contributed by atoms with Crippen LogP contribution in [0.3, 0.4) is 0 Å². The fourth-order valence-electron chi connectivity index (χ4n) is 1.59. The maximum Gasteiger partial charge on any atom is 0.330 e. The first kappa shape index (κ1) is 17.8. The van der Waals surface area contributed by atoms with Crippen molar-refractivity contribution >= 4 is 5.97 Å². The van der Waals surface area contributed by atoms with Gasteiger partial charge < -0.3 is 18.9 Å². The van der Waals surface area contributed by atoms with Crippen LogP contribution >= 0.6 is 0 Å². The van der Waals surface area contributed by atoms with Gasteiger partial charge in [-0.1, -0.05) is 25.3 Å². The van der Waals surface area contributed by atoms with Crippen LogP contribution in [0.5, 0.6) is 5.75 Å². The minimum Gasteiger partial charge on any atom is -0.499 e. The van der Waals surface area contributed by atoms with E-state index in [1.165, 1.54) is 6.26 Å². The fraction of sp³-hybridized carbons (Fsp3) is 0.353. The molecule has 0 radical (unpaired) electrons. The molecule has 22 heavy (non-hydrogen) atoms. The molecule has 5 nitrogen and oxygen atoms in total. The molecule has 0 heterocycles. The van der Waals surface area contributed by atoms with Gasteiger partial charge in [-0.2, -0.15) is 0 Å². The summed E-state index contributed by atoms with van der Waals surface area (Å²) in [7, 11) is 0. The van der Waals surface area contributed by atoms with Gasteiger partial charge >= 0.3 is 5.97 Å². The normalized spacial score (nSPS) is 9.82. The molecule has 0 fully saturated rings. The summed E-state index contributed by atoms with van der Waals surface area (Å²) in [6.07, 6.45) is 3.20. The van der Waals surface area contributed by atoms with Gasteiger partial charge in [-0.25, -0.2) is 4.79 Å². The Hall–Kier alpha value is -2.27. The second-order valence-corrected chi connectivity index (χ2v) is 4.26. The van der Waals surface area contributed by atoms with Gasteiger partial charge in [0.05, 0.1) is 26.1 Å². The average Bonchev–Trinajstić information content (AvgIpc) is 2.55. The van der Waals surface area contributed by atoms with Crippen molar-refractivity contribution in [2.45, 2.75) is 6.42 Å². The van der Waals surface area contributed by atoms with E-state index < -0.39 is 5.97 Å². The second kappa shape index (κ2) is 11.4. The Labute approximate surface area is 131 Å². The Kier molecular flexibility index (Phi) is 9.21. The number of hydrogen-bond donors (Lipinski definition) is 0. The first-order valence-corrected chi connectivity index (χ1v) is 7.07. The van der Waals surface area contributed by atoms with E-state index in [0.29, 0.717) is 39.5 Å². The molecular formula is C17H22O5. The summed E-state index contributed by atoms with van der Waals surface area (Å²) in [5.74, 6) is 0.372. The van der Waals surface area contributed by atoms with E-state index in [2.05, 4.69) is 13.2 Å². The molecule has 0 atom stereocenters. The molecule has 0 aliphatic carbocycles. The summed E-state index contributed by atoms with van der Waals surface area (Å²) in [5, 5.41) is 0. The van der Waals surface area contributed by atoms with Gasteiger partial charge in [-0.15, -0.1) is 0 Å². The number of esters is 1. The molecule has 0 bridgehead atoms. The van der Waals surface area contributed by atoms with Crippen LogP contribution in [0, 0.1) is 0 Å². The van der Waals surface area contributed by atoms with Gasteiger partial charge in [-0.05, 0) is 17.7 Å². The number of rotatable bonds is 12. The largest absolute Gasteiger partial charge is 0.499 e. The van der Waals surface area contributed by atoms with Crippen molar-refractivity contribution in [1.82, 2.24) is 0 Å². The smallest absolute Gasteiger partial charge is 0.330 e. The Morgan fingerprint density at radius 1 is 1.00 bits per heavy atom. The van der Waals surface area contributed by atoms with E-state index in [4.69, 9.17) is 18.9 Å². The zero-order valence-electron chi connectivity index (χ0n) is 12.7. The molecule has 1 aromatic rings. The van der Waals surface area contributed by atoms with Gasteiger partial charge in [0.15, 0.2) is 0 Å². The molecule has 0 amide bonds. The summed E-state index contributed by atoms with van der Waals surface area (Å²) in [6.45, 7) is 9.10. The molecule has 120 valence electrons. The Balaban J connectivity index is 2.14. The number of benzene rings is 1. The highest BCUT2D eigenvalue weighted by Crippen LogP contribution is 2.12. The van der Waals surface area contributed by atoms with Gasteiger partial charge in [0.25, 0.3) is 0 Å². The minimum absolute atomic E-state index is 0.339. The molecule has 0 N–H and O–H groups in total. The lowest BCUT2D eigenvalue weighted by Crippen LogP contribution is -2.09. The predicted molar refractivity (Wildman–Crippen MR) is 83.8 cm³/mol. The summed E-state index contributed by atoms with van der Waals surface area (Å²) in [5.41, 5.74) is 1.07. The van der Waals surface area contributed by atoms with Crippen LogP contribution in [0.25, 0.3) is 0 Å². The first-order chi connectivity index (χ1) is 10.8. The second-order valence-electron chi connectivity index (χ2n) is 4.26. The van der Waals surface area contributed by atoms with E-state index in [-0.39, 0.29) is 0 Å². The summed E-state index contributed by atoms with van der Waals surface area (Å²) >= 11 is 0. The fourth-order valence-corrected chi connectivity index (χ4v) is 1.59. The van der Waals surface area contributed by atoms with Crippen molar-refractivity contribution in [3.63, 3.8) is 0 Å². The maximum atomic E-state index is 10.9. The highest BCUT2D eigenvalue weighted by atomic mass is 16.5. The van der Waals surface area contributed by atoms with Crippen LogP contribution in [-0.2, 0) is 25.4 Å². The molecule has 1 aromatic carbocycles. The molecule has 1 rings (SSSR count). The van der Waals surface area contributed by atoms with Crippen molar-refractivity contribution < 1.29 is 23.7 Å². The third kappa shape index (κ3) is 8.11. The SMILES string of the molecule is C=COCCOCCOc1ccc(CCOC(=O)C=C)cc1. The van der Waals surface area contributed by atoms with Crippen LogP contribution in [-0.4, -0.2) is 39.0 Å². The van der Waals surface area contributed by atoms with E-state index in [1.807, 2.05) is 24.3 Å². The Morgan fingerprint density at radius 3 is 2.41 bits per heavy atom. The van der Waals surface area contributed by atoms with E-state index in [9.17, 15) is 4.79 Å². The molecule has 0 spiro atoms. The molecule has 0 saturated carbocycles. The molecule has 0 saturated heterocycles. The first-order valence-electron chi connectivity index (χ1n) is 7.07. The molecule has 0 aliphatic rings. The quantitative estimate of drug-likeness (QED) is 0.257. The van der Waals surface area contributed by atoms with Crippen LogP contribution in [0.15, 0.2) is 49.8 Å². The van der Waals surface area contributed by atoms with Crippen molar-refractivity contribution in [2.24, 2.45) is 0 Å². The zero-order valence-corrected chi connectivity index (χ0v) is 12.7. The number of carbonyl (C=O) groups is 1. The van der Waals surface area contributed by atoms with Gasteiger partial charge in [-0.3, -0.25) is 0 Å². The molecule has 0 aromatic heterocycles. The standard InChI is InChI=1S/C17H22O5/c1-3-17(18)22-10-9-15-5-7-16(8-6-15)21-14-13-20-12-11-19-4-2/h3-8H,1-2,9-14H2. The molecular weight excluding hydrogens is 284 g/mol. The van der Waals surface area contributed by atoms with Crippen molar-refractivity contribution in [1.29, 1.82) is 0 Å². The van der Waals surface area contributed by atoms with E-state index in [0.717, 1.165) is 17.4 Å². The van der Waals surface area contributed by atoms with Crippen LogP contribution < -0.4 is 4.74 Å². The van der Waals surface area contributed by atoms with Gasteiger partial charge in [0, 0.05) is 12.5 Å². The topological polar surface area (TPSA) is 54.0 Å². The van der Waals surface area contributed by atoms with E-state index in [1.54, 1.807) is 0 Å². The van der Waals surface area contributed by atoms with Gasteiger partial charge in [0.1, 0.15) is 19.0 Å². The number of carbonyl (C=O) groups excluding carboxylic acids is 1. The predicted octanol–water partition coefficient (Wildman–Crippen LogP) is 2.51. The van der Waals surface area contributed by atoms with Crippen LogP contribution in [0.4, 0.5) is 0 Å². The molecule has 0 unspecified atom stereocenters. The average molecular weight is 306 g/mol. The highest BCUT2D eigenvalue weighted by Gasteiger charge is 1.99. The van der Waals surface area contributed by atoms with Crippen molar-refractivity contribution in [3.8, 4) is 5.75 Å². The van der Waals surface area contributed by atoms with Gasteiger partial charge in [0.2, 0.25) is 0 Å². The minimum atomic E-state index is -0.404.